The molecule has 0 aromatic carbocycles. The van der Waals surface area contributed by atoms with Crippen LogP contribution in [0.1, 0.15) is 19.3 Å². The fraction of sp³-hybridized carbons (Fsp3) is 0.636. The summed E-state index contributed by atoms with van der Waals surface area (Å²) in [4.78, 5) is 12.3. The van der Waals surface area contributed by atoms with E-state index in [2.05, 4.69) is 12.0 Å². The number of carboxylic acid groups (broad SMARTS) is 1. The van der Waals surface area contributed by atoms with E-state index in [-0.39, 0.29) is 12.0 Å². The lowest BCUT2D eigenvalue weighted by Gasteiger charge is -2.22. The van der Waals surface area contributed by atoms with Crippen molar-refractivity contribution in [3.05, 3.63) is 0 Å². The Morgan fingerprint density at radius 3 is 2.67 bits per heavy atom. The summed E-state index contributed by atoms with van der Waals surface area (Å²) in [6, 6.07) is 2.15. The third-order valence-electron chi connectivity index (χ3n) is 2.64. The minimum absolute atomic E-state index is 0.0149. The molecule has 0 unspecified atom stereocenters. The van der Waals surface area contributed by atoms with Gasteiger partial charge in [-0.2, -0.15) is 5.26 Å². The third-order valence-corrected chi connectivity index (χ3v) is 2.64. The lowest BCUT2D eigenvalue weighted by molar-refractivity contribution is -0.138. The molecule has 0 heterocycles. The van der Waals surface area contributed by atoms with Crippen molar-refractivity contribution < 1.29 is 9.90 Å². The second-order valence-corrected chi connectivity index (χ2v) is 4.08. The third kappa shape index (κ3) is 3.61. The molecule has 1 aliphatic carbocycles. The van der Waals surface area contributed by atoms with Gasteiger partial charge in [0.05, 0.1) is 19.2 Å². The summed E-state index contributed by atoms with van der Waals surface area (Å²) < 4.78 is 0. The molecule has 0 aromatic rings. The fourth-order valence-corrected chi connectivity index (χ4v) is 1.70. The molecule has 1 saturated carbocycles. The van der Waals surface area contributed by atoms with Gasteiger partial charge < -0.3 is 5.11 Å². The van der Waals surface area contributed by atoms with Gasteiger partial charge in [-0.15, -0.1) is 6.42 Å². The quantitative estimate of drug-likeness (QED) is 0.650. The highest BCUT2D eigenvalue weighted by Gasteiger charge is 2.43. The maximum atomic E-state index is 10.6. The Balaban J connectivity index is 2.48. The van der Waals surface area contributed by atoms with Crippen molar-refractivity contribution in [2.24, 2.45) is 5.41 Å². The first kappa shape index (κ1) is 11.6. The van der Waals surface area contributed by atoms with E-state index in [9.17, 15) is 4.79 Å². The molecular weight excluding hydrogens is 192 g/mol. The molecule has 80 valence electrons. The minimum Gasteiger partial charge on any atom is -0.480 e. The van der Waals surface area contributed by atoms with Gasteiger partial charge in [0, 0.05) is 13.0 Å². The number of rotatable bonds is 6. The molecule has 0 saturated heterocycles. The van der Waals surface area contributed by atoms with Crippen LogP contribution >= 0.6 is 0 Å². The molecule has 0 spiro atoms. The van der Waals surface area contributed by atoms with Crippen molar-refractivity contribution in [1.82, 2.24) is 4.90 Å². The molecule has 1 fully saturated rings. The molecule has 1 rings (SSSR count). The van der Waals surface area contributed by atoms with E-state index in [1.165, 1.54) is 0 Å². The minimum atomic E-state index is -0.877. The molecule has 1 N–H and O–H groups in total. The van der Waals surface area contributed by atoms with E-state index in [4.69, 9.17) is 16.8 Å². The molecule has 0 amide bonds. The van der Waals surface area contributed by atoms with Crippen LogP contribution in [0.5, 0.6) is 0 Å². The highest BCUT2D eigenvalue weighted by molar-refractivity contribution is 5.69. The van der Waals surface area contributed by atoms with Crippen LogP contribution in [0, 0.1) is 29.1 Å². The zero-order chi connectivity index (χ0) is 11.3. The van der Waals surface area contributed by atoms with E-state index in [0.29, 0.717) is 19.5 Å². The van der Waals surface area contributed by atoms with Gasteiger partial charge in [-0.25, -0.2) is 0 Å². The van der Waals surface area contributed by atoms with Crippen LogP contribution < -0.4 is 0 Å². The number of hydrogen-bond acceptors (Lipinski definition) is 3. The fourth-order valence-electron chi connectivity index (χ4n) is 1.70. The van der Waals surface area contributed by atoms with Crippen LogP contribution in [0.4, 0.5) is 0 Å². The first-order chi connectivity index (χ1) is 7.12. The molecule has 1 aliphatic rings. The van der Waals surface area contributed by atoms with Gasteiger partial charge in [-0.3, -0.25) is 9.69 Å². The second-order valence-electron chi connectivity index (χ2n) is 4.08. The summed E-state index contributed by atoms with van der Waals surface area (Å²) in [5.74, 6) is 1.57. The predicted octanol–water partition coefficient (Wildman–Crippen LogP) is 0.700. The number of nitrogens with zero attached hydrogens (tertiary/aromatic N) is 2. The van der Waals surface area contributed by atoms with Gasteiger partial charge in [-0.05, 0) is 18.3 Å². The van der Waals surface area contributed by atoms with Crippen molar-refractivity contribution in [3.8, 4) is 18.4 Å². The molecule has 0 atom stereocenters. The SMILES string of the molecule is C#CCN(CC(=O)O)CC1(CC#N)CC1. The van der Waals surface area contributed by atoms with Gasteiger partial charge >= 0.3 is 5.97 Å². The highest BCUT2D eigenvalue weighted by atomic mass is 16.4. The molecular formula is C11H14N2O2. The monoisotopic (exact) mass is 206 g/mol. The Kier molecular flexibility index (Phi) is 3.71. The lowest BCUT2D eigenvalue weighted by Crippen LogP contribution is -2.35. The van der Waals surface area contributed by atoms with Crippen LogP contribution in [0.3, 0.4) is 0 Å². The van der Waals surface area contributed by atoms with Crippen molar-refractivity contribution in [2.75, 3.05) is 19.6 Å². The Bertz CT molecular complexity index is 320. The number of carbonyl (C=O) groups is 1. The van der Waals surface area contributed by atoms with Gasteiger partial charge in [-0.1, -0.05) is 5.92 Å². The number of hydrogen-bond donors (Lipinski definition) is 1. The van der Waals surface area contributed by atoms with E-state index in [1.807, 2.05) is 0 Å². The number of aliphatic carboxylic acids is 1. The zero-order valence-corrected chi connectivity index (χ0v) is 8.57. The first-order valence-corrected chi connectivity index (χ1v) is 4.86. The standard InChI is InChI=1S/C11H14N2O2/c1-2-7-13(8-10(14)15)9-11(3-4-11)5-6-12/h1H,3-5,7-9H2,(H,14,15). The number of terminal acetylenes is 1. The average molecular weight is 206 g/mol. The van der Waals surface area contributed by atoms with Crippen molar-refractivity contribution in [2.45, 2.75) is 19.3 Å². The number of carboxylic acids is 1. The van der Waals surface area contributed by atoms with E-state index in [1.54, 1.807) is 4.90 Å². The summed E-state index contributed by atoms with van der Waals surface area (Å²) in [5.41, 5.74) is 0.0149. The van der Waals surface area contributed by atoms with Crippen LogP contribution in [0.25, 0.3) is 0 Å². The maximum absolute atomic E-state index is 10.6. The van der Waals surface area contributed by atoms with Gasteiger partial charge in [0.1, 0.15) is 0 Å². The predicted molar refractivity (Wildman–Crippen MR) is 54.8 cm³/mol. The molecule has 0 bridgehead atoms. The molecule has 15 heavy (non-hydrogen) atoms. The number of nitriles is 1. The summed E-state index contributed by atoms with van der Waals surface area (Å²) in [6.07, 6.45) is 7.66. The molecule has 0 aliphatic heterocycles. The molecule has 4 heteroatoms. The van der Waals surface area contributed by atoms with Gasteiger partial charge in [0.2, 0.25) is 0 Å². The Hall–Kier alpha value is -1.52. The highest BCUT2D eigenvalue weighted by Crippen LogP contribution is 2.48. The van der Waals surface area contributed by atoms with Gasteiger partial charge in [0.15, 0.2) is 0 Å². The Morgan fingerprint density at radius 1 is 1.60 bits per heavy atom. The van der Waals surface area contributed by atoms with Crippen LogP contribution in [0.15, 0.2) is 0 Å². The van der Waals surface area contributed by atoms with Crippen molar-refractivity contribution in [3.63, 3.8) is 0 Å². The summed E-state index contributed by atoms with van der Waals surface area (Å²) in [7, 11) is 0. The lowest BCUT2D eigenvalue weighted by atomic mass is 10.0. The van der Waals surface area contributed by atoms with Crippen molar-refractivity contribution >= 4 is 5.97 Å². The van der Waals surface area contributed by atoms with E-state index < -0.39 is 5.97 Å². The van der Waals surface area contributed by atoms with Crippen LogP contribution in [0.2, 0.25) is 0 Å². The normalized spacial score (nSPS) is 16.7. The largest absolute Gasteiger partial charge is 0.480 e. The van der Waals surface area contributed by atoms with E-state index >= 15 is 0 Å². The Morgan fingerprint density at radius 2 is 2.27 bits per heavy atom. The van der Waals surface area contributed by atoms with Crippen molar-refractivity contribution in [1.29, 1.82) is 5.26 Å². The van der Waals surface area contributed by atoms with Gasteiger partial charge in [0.25, 0.3) is 0 Å². The molecule has 0 radical (unpaired) electrons. The maximum Gasteiger partial charge on any atom is 0.317 e. The van der Waals surface area contributed by atoms with Crippen LogP contribution in [-0.2, 0) is 4.79 Å². The first-order valence-electron chi connectivity index (χ1n) is 4.86. The summed E-state index contributed by atoms with van der Waals surface area (Å²) in [6.45, 7) is 0.911. The molecule has 4 nitrogen and oxygen atoms in total. The smallest absolute Gasteiger partial charge is 0.317 e. The topological polar surface area (TPSA) is 64.3 Å². The molecule has 0 aromatic heterocycles. The summed E-state index contributed by atoms with van der Waals surface area (Å²) >= 11 is 0. The summed E-state index contributed by atoms with van der Waals surface area (Å²) in [5, 5.41) is 17.3. The van der Waals surface area contributed by atoms with Crippen LogP contribution in [-0.4, -0.2) is 35.6 Å². The second kappa shape index (κ2) is 4.82. The van der Waals surface area contributed by atoms with E-state index in [0.717, 1.165) is 12.8 Å². The Labute approximate surface area is 89.5 Å². The average Bonchev–Trinajstić information content (AvgIpc) is 2.84. The zero-order valence-electron chi connectivity index (χ0n) is 8.57.